The van der Waals surface area contributed by atoms with Crippen molar-refractivity contribution in [3.8, 4) is 0 Å². The molecule has 0 bridgehead atoms. The van der Waals surface area contributed by atoms with Gasteiger partial charge in [0.15, 0.2) is 0 Å². The zero-order chi connectivity index (χ0) is 11.4. The summed E-state index contributed by atoms with van der Waals surface area (Å²) in [7, 11) is 3.62. The molecule has 4 nitrogen and oxygen atoms in total. The Kier molecular flexibility index (Phi) is 4.05. The molecule has 15 heavy (non-hydrogen) atoms. The molecule has 0 aliphatic rings. The predicted octanol–water partition coefficient (Wildman–Crippen LogP) is 2.53. The van der Waals surface area contributed by atoms with E-state index >= 15 is 0 Å². The van der Waals surface area contributed by atoms with Gasteiger partial charge < -0.3 is 4.90 Å². The third kappa shape index (κ3) is 3.17. The SMILES string of the molecule is CN(C)C(=S)Sc1ccccc1[N+](=O)[O-]. The summed E-state index contributed by atoms with van der Waals surface area (Å²) in [5.41, 5.74) is 0.0895. The highest BCUT2D eigenvalue weighted by Crippen LogP contribution is 2.29. The van der Waals surface area contributed by atoms with Gasteiger partial charge in [-0.1, -0.05) is 36.1 Å². The Morgan fingerprint density at radius 2 is 2.07 bits per heavy atom. The van der Waals surface area contributed by atoms with Gasteiger partial charge in [-0.25, -0.2) is 0 Å². The normalized spacial score (nSPS) is 9.73. The van der Waals surface area contributed by atoms with Crippen LogP contribution in [-0.4, -0.2) is 28.2 Å². The van der Waals surface area contributed by atoms with Crippen molar-refractivity contribution in [2.24, 2.45) is 0 Å². The standard InChI is InChI=1S/C9H10N2O2S2/c1-10(2)9(14)15-8-6-4-3-5-7(8)11(12)13/h3-6H,1-2H3. The third-order valence-electron chi connectivity index (χ3n) is 1.62. The van der Waals surface area contributed by atoms with Crippen molar-refractivity contribution >= 4 is 34.0 Å². The highest BCUT2D eigenvalue weighted by atomic mass is 32.2. The van der Waals surface area contributed by atoms with E-state index in [0.29, 0.717) is 9.22 Å². The number of rotatable bonds is 2. The molecule has 0 atom stereocenters. The van der Waals surface area contributed by atoms with Crippen LogP contribution in [0.15, 0.2) is 29.2 Å². The lowest BCUT2D eigenvalue weighted by atomic mass is 10.3. The Morgan fingerprint density at radius 3 is 2.60 bits per heavy atom. The fraction of sp³-hybridized carbons (Fsp3) is 0.222. The monoisotopic (exact) mass is 242 g/mol. The summed E-state index contributed by atoms with van der Waals surface area (Å²) in [6.45, 7) is 0. The maximum absolute atomic E-state index is 10.7. The average Bonchev–Trinajstić information content (AvgIpc) is 2.18. The Morgan fingerprint density at radius 1 is 1.47 bits per heavy atom. The zero-order valence-electron chi connectivity index (χ0n) is 8.34. The van der Waals surface area contributed by atoms with Crippen molar-refractivity contribution < 1.29 is 4.92 Å². The van der Waals surface area contributed by atoms with Gasteiger partial charge in [0, 0.05) is 20.2 Å². The molecule has 0 heterocycles. The number of thiocarbonyl (C=S) groups is 1. The van der Waals surface area contributed by atoms with E-state index in [2.05, 4.69) is 0 Å². The molecule has 0 saturated carbocycles. The Bertz CT molecular complexity index is 393. The summed E-state index contributed by atoms with van der Waals surface area (Å²) >= 11 is 6.29. The maximum Gasteiger partial charge on any atom is 0.283 e. The minimum Gasteiger partial charge on any atom is -0.363 e. The van der Waals surface area contributed by atoms with Crippen molar-refractivity contribution in [2.45, 2.75) is 4.90 Å². The molecule has 0 aliphatic heterocycles. The fourth-order valence-electron chi connectivity index (χ4n) is 0.880. The molecule has 6 heteroatoms. The highest BCUT2D eigenvalue weighted by Gasteiger charge is 2.14. The van der Waals surface area contributed by atoms with Crippen molar-refractivity contribution in [3.63, 3.8) is 0 Å². The molecule has 0 N–H and O–H groups in total. The van der Waals surface area contributed by atoms with Crippen molar-refractivity contribution in [3.05, 3.63) is 34.4 Å². The first-order valence-electron chi connectivity index (χ1n) is 4.15. The highest BCUT2D eigenvalue weighted by molar-refractivity contribution is 8.23. The van der Waals surface area contributed by atoms with Gasteiger partial charge >= 0.3 is 0 Å². The Balaban J connectivity index is 2.94. The smallest absolute Gasteiger partial charge is 0.283 e. The first kappa shape index (κ1) is 11.9. The van der Waals surface area contributed by atoms with Crippen molar-refractivity contribution in [1.29, 1.82) is 0 Å². The number of para-hydroxylation sites is 1. The molecule has 1 aromatic rings. The maximum atomic E-state index is 10.7. The van der Waals surface area contributed by atoms with E-state index in [1.165, 1.54) is 17.8 Å². The van der Waals surface area contributed by atoms with E-state index in [1.54, 1.807) is 23.1 Å². The molecule has 1 aromatic carbocycles. The number of nitro groups is 1. The fourth-order valence-corrected chi connectivity index (χ4v) is 1.91. The lowest BCUT2D eigenvalue weighted by Gasteiger charge is -2.12. The van der Waals surface area contributed by atoms with E-state index in [4.69, 9.17) is 12.2 Å². The third-order valence-corrected chi connectivity index (χ3v) is 3.34. The minimum atomic E-state index is -0.402. The lowest BCUT2D eigenvalue weighted by Crippen LogP contribution is -2.15. The van der Waals surface area contributed by atoms with Crippen LogP contribution in [0.25, 0.3) is 0 Å². The number of hydrogen-bond donors (Lipinski definition) is 0. The summed E-state index contributed by atoms with van der Waals surface area (Å²) in [6, 6.07) is 6.56. The molecule has 1 rings (SSSR count). The Hall–Kier alpha value is -1.14. The van der Waals surface area contributed by atoms with Crippen LogP contribution >= 0.6 is 24.0 Å². The minimum absolute atomic E-state index is 0.0895. The molecule has 0 aliphatic carbocycles. The first-order chi connectivity index (χ1) is 7.02. The van der Waals surface area contributed by atoms with Gasteiger partial charge in [0.2, 0.25) is 0 Å². The van der Waals surface area contributed by atoms with Gasteiger partial charge in [-0.15, -0.1) is 0 Å². The van der Waals surface area contributed by atoms with E-state index in [1.807, 2.05) is 14.1 Å². The summed E-state index contributed by atoms with van der Waals surface area (Å²) in [5.74, 6) is 0. The van der Waals surface area contributed by atoms with Gasteiger partial charge in [-0.2, -0.15) is 0 Å². The molecular weight excluding hydrogens is 232 g/mol. The molecule has 80 valence electrons. The van der Waals surface area contributed by atoms with Gasteiger partial charge in [-0.05, 0) is 6.07 Å². The molecular formula is C9H10N2O2S2. The quantitative estimate of drug-likeness (QED) is 0.345. The number of nitro benzene ring substituents is 1. The molecule has 0 spiro atoms. The van der Waals surface area contributed by atoms with Crippen LogP contribution in [0.4, 0.5) is 5.69 Å². The summed E-state index contributed by atoms with van der Waals surface area (Å²) in [4.78, 5) is 12.6. The van der Waals surface area contributed by atoms with Crippen LogP contribution < -0.4 is 0 Å². The zero-order valence-corrected chi connectivity index (χ0v) is 9.97. The molecule has 0 fully saturated rings. The van der Waals surface area contributed by atoms with Crippen LogP contribution in [0.5, 0.6) is 0 Å². The second-order valence-corrected chi connectivity index (χ2v) is 4.66. The van der Waals surface area contributed by atoms with Crippen LogP contribution in [0.3, 0.4) is 0 Å². The van der Waals surface area contributed by atoms with Gasteiger partial charge in [0.1, 0.15) is 4.32 Å². The van der Waals surface area contributed by atoms with Crippen LogP contribution in [0.1, 0.15) is 0 Å². The number of benzene rings is 1. The number of thioether (sulfide) groups is 1. The van der Waals surface area contributed by atoms with Gasteiger partial charge in [0.05, 0.1) is 9.82 Å². The second-order valence-electron chi connectivity index (χ2n) is 2.99. The van der Waals surface area contributed by atoms with Crippen LogP contribution in [0, 0.1) is 10.1 Å². The predicted molar refractivity (Wildman–Crippen MR) is 65.2 cm³/mol. The molecule has 0 unspecified atom stereocenters. The lowest BCUT2D eigenvalue weighted by molar-refractivity contribution is -0.387. The Labute approximate surface area is 97.4 Å². The van der Waals surface area contributed by atoms with E-state index in [-0.39, 0.29) is 5.69 Å². The molecule has 0 aromatic heterocycles. The topological polar surface area (TPSA) is 46.4 Å². The first-order valence-corrected chi connectivity index (χ1v) is 5.37. The van der Waals surface area contributed by atoms with E-state index in [0.717, 1.165) is 0 Å². The van der Waals surface area contributed by atoms with E-state index < -0.39 is 4.92 Å². The van der Waals surface area contributed by atoms with Gasteiger partial charge in [0.25, 0.3) is 5.69 Å². The van der Waals surface area contributed by atoms with Crippen LogP contribution in [0.2, 0.25) is 0 Å². The molecule has 0 amide bonds. The summed E-state index contributed by atoms with van der Waals surface area (Å²) in [5, 5.41) is 10.7. The summed E-state index contributed by atoms with van der Waals surface area (Å²) in [6.07, 6.45) is 0. The van der Waals surface area contributed by atoms with Crippen LogP contribution in [-0.2, 0) is 0 Å². The number of hydrogen-bond acceptors (Lipinski definition) is 4. The van der Waals surface area contributed by atoms with E-state index in [9.17, 15) is 10.1 Å². The number of nitrogens with zero attached hydrogens (tertiary/aromatic N) is 2. The molecule has 0 radical (unpaired) electrons. The molecule has 0 saturated heterocycles. The van der Waals surface area contributed by atoms with Crippen molar-refractivity contribution in [1.82, 2.24) is 4.90 Å². The second kappa shape index (κ2) is 5.09. The average molecular weight is 242 g/mol. The summed E-state index contributed by atoms with van der Waals surface area (Å²) < 4.78 is 0.601. The van der Waals surface area contributed by atoms with Crippen molar-refractivity contribution in [2.75, 3.05) is 14.1 Å². The van der Waals surface area contributed by atoms with Gasteiger partial charge in [-0.3, -0.25) is 10.1 Å². The largest absolute Gasteiger partial charge is 0.363 e.